The van der Waals surface area contributed by atoms with Crippen LogP contribution >= 0.6 is 23.2 Å². The van der Waals surface area contributed by atoms with Gasteiger partial charge in [-0.15, -0.1) is 0 Å². The van der Waals surface area contributed by atoms with E-state index in [4.69, 9.17) is 28.3 Å². The lowest BCUT2D eigenvalue weighted by Crippen LogP contribution is -2.50. The molecule has 1 aromatic rings. The van der Waals surface area contributed by atoms with E-state index in [2.05, 4.69) is 10.6 Å². The van der Waals surface area contributed by atoms with Crippen molar-refractivity contribution in [3.8, 4) is 0 Å². The molecule has 104 valence electrons. The maximum absolute atomic E-state index is 11.6. The van der Waals surface area contributed by atoms with Gasteiger partial charge < -0.3 is 15.7 Å². The predicted molar refractivity (Wildman–Crippen MR) is 74.4 cm³/mol. The molecule has 2 amide bonds. The first-order valence-electron chi connectivity index (χ1n) is 5.44. The summed E-state index contributed by atoms with van der Waals surface area (Å²) in [6.45, 7) is 2.90. The highest BCUT2D eigenvalue weighted by Gasteiger charge is 2.24. The molecular weight excluding hydrogens is 291 g/mol. The average molecular weight is 305 g/mol. The number of anilines is 1. The quantitative estimate of drug-likeness (QED) is 0.745. The van der Waals surface area contributed by atoms with Crippen LogP contribution in [-0.4, -0.2) is 29.1 Å². The van der Waals surface area contributed by atoms with Crippen LogP contribution in [0.1, 0.15) is 13.8 Å². The number of aliphatic hydroxyl groups excluding tert-OH is 1. The summed E-state index contributed by atoms with van der Waals surface area (Å²) in [6.07, 6.45) is 0. The van der Waals surface area contributed by atoms with Crippen LogP contribution in [0.5, 0.6) is 0 Å². The predicted octanol–water partition coefficient (Wildman–Crippen LogP) is 1.82. The van der Waals surface area contributed by atoms with Crippen LogP contribution in [0.15, 0.2) is 18.2 Å². The van der Waals surface area contributed by atoms with Gasteiger partial charge in [-0.3, -0.25) is 9.59 Å². The number of nitrogens with one attached hydrogen (secondary N) is 2. The zero-order valence-corrected chi connectivity index (χ0v) is 12.0. The number of carbonyl (C=O) groups excluding carboxylic acids is 2. The minimum absolute atomic E-state index is 0.232. The van der Waals surface area contributed by atoms with Gasteiger partial charge in [0.1, 0.15) is 0 Å². The molecule has 3 N–H and O–H groups in total. The highest BCUT2D eigenvalue weighted by Crippen LogP contribution is 2.25. The van der Waals surface area contributed by atoms with E-state index in [0.29, 0.717) is 5.02 Å². The van der Waals surface area contributed by atoms with E-state index >= 15 is 0 Å². The van der Waals surface area contributed by atoms with Crippen molar-refractivity contribution in [2.24, 2.45) is 0 Å². The van der Waals surface area contributed by atoms with Gasteiger partial charge in [-0.05, 0) is 32.0 Å². The molecule has 0 unspecified atom stereocenters. The van der Waals surface area contributed by atoms with Crippen LogP contribution in [0, 0.1) is 0 Å². The largest absolute Gasteiger partial charge is 0.394 e. The maximum Gasteiger partial charge on any atom is 0.313 e. The average Bonchev–Trinajstić information content (AvgIpc) is 2.32. The van der Waals surface area contributed by atoms with Crippen molar-refractivity contribution in [1.29, 1.82) is 0 Å². The van der Waals surface area contributed by atoms with Crippen LogP contribution in [0.4, 0.5) is 5.69 Å². The molecule has 19 heavy (non-hydrogen) atoms. The van der Waals surface area contributed by atoms with Gasteiger partial charge in [0.05, 0.1) is 22.9 Å². The molecule has 7 heteroatoms. The number of rotatable bonds is 3. The van der Waals surface area contributed by atoms with E-state index in [0.717, 1.165) is 0 Å². The summed E-state index contributed by atoms with van der Waals surface area (Å²) in [5, 5.41) is 14.4. The Labute approximate surface area is 120 Å². The summed E-state index contributed by atoms with van der Waals surface area (Å²) in [5.41, 5.74) is -0.592. The maximum atomic E-state index is 11.6. The second-order valence-corrected chi connectivity index (χ2v) is 5.42. The fourth-order valence-corrected chi connectivity index (χ4v) is 1.63. The molecule has 0 radical (unpaired) electrons. The van der Waals surface area contributed by atoms with E-state index in [1.54, 1.807) is 19.9 Å². The Hall–Kier alpha value is -1.30. The van der Waals surface area contributed by atoms with Gasteiger partial charge in [0.15, 0.2) is 0 Å². The Balaban J connectivity index is 2.72. The molecule has 0 spiro atoms. The number of hydrogen-bond acceptors (Lipinski definition) is 3. The van der Waals surface area contributed by atoms with Crippen molar-refractivity contribution >= 4 is 40.7 Å². The van der Waals surface area contributed by atoms with E-state index in [-0.39, 0.29) is 17.3 Å². The van der Waals surface area contributed by atoms with Gasteiger partial charge in [0.25, 0.3) is 0 Å². The van der Waals surface area contributed by atoms with Crippen molar-refractivity contribution in [2.45, 2.75) is 19.4 Å². The molecule has 0 aliphatic carbocycles. The standard InChI is InChI=1S/C12H14Cl2N2O3/c1-12(2,6-17)16-11(19)10(18)15-9-4-3-7(13)5-8(9)14/h3-5,17H,6H2,1-2H3,(H,15,18)(H,16,19). The van der Waals surface area contributed by atoms with E-state index < -0.39 is 17.4 Å². The third-order valence-electron chi connectivity index (χ3n) is 2.23. The van der Waals surface area contributed by atoms with E-state index in [1.807, 2.05) is 0 Å². The molecule has 0 aliphatic rings. The molecular formula is C12H14Cl2N2O3. The Morgan fingerprint density at radius 2 is 1.89 bits per heavy atom. The summed E-state index contributed by atoms with van der Waals surface area (Å²) < 4.78 is 0. The minimum atomic E-state index is -0.877. The van der Waals surface area contributed by atoms with Crippen molar-refractivity contribution in [3.63, 3.8) is 0 Å². The highest BCUT2D eigenvalue weighted by atomic mass is 35.5. The fourth-order valence-electron chi connectivity index (χ4n) is 1.17. The Kier molecular flexibility index (Phi) is 5.17. The van der Waals surface area contributed by atoms with Gasteiger partial charge in [-0.25, -0.2) is 0 Å². The smallest absolute Gasteiger partial charge is 0.313 e. The molecule has 1 rings (SSSR count). The molecule has 0 aromatic heterocycles. The minimum Gasteiger partial charge on any atom is -0.394 e. The summed E-state index contributed by atoms with van der Waals surface area (Å²) in [7, 11) is 0. The highest BCUT2D eigenvalue weighted by molar-refractivity contribution is 6.42. The molecule has 0 heterocycles. The van der Waals surface area contributed by atoms with Crippen LogP contribution in [0.25, 0.3) is 0 Å². The molecule has 0 bridgehead atoms. The Morgan fingerprint density at radius 1 is 1.26 bits per heavy atom. The first-order valence-corrected chi connectivity index (χ1v) is 6.20. The van der Waals surface area contributed by atoms with Gasteiger partial charge in [0.2, 0.25) is 0 Å². The lowest BCUT2D eigenvalue weighted by Gasteiger charge is -2.22. The van der Waals surface area contributed by atoms with Crippen LogP contribution in [-0.2, 0) is 9.59 Å². The monoisotopic (exact) mass is 304 g/mol. The van der Waals surface area contributed by atoms with Crippen molar-refractivity contribution in [1.82, 2.24) is 5.32 Å². The Morgan fingerprint density at radius 3 is 2.42 bits per heavy atom. The third-order valence-corrected chi connectivity index (χ3v) is 2.78. The first-order chi connectivity index (χ1) is 8.75. The lowest BCUT2D eigenvalue weighted by molar-refractivity contribution is -0.137. The molecule has 5 nitrogen and oxygen atoms in total. The molecule has 0 atom stereocenters. The SMILES string of the molecule is CC(C)(CO)NC(=O)C(=O)Nc1ccc(Cl)cc1Cl. The van der Waals surface area contributed by atoms with Crippen molar-refractivity contribution in [3.05, 3.63) is 28.2 Å². The zero-order chi connectivity index (χ0) is 14.6. The van der Waals surface area contributed by atoms with Gasteiger partial charge >= 0.3 is 11.8 Å². The number of amides is 2. The number of carbonyl (C=O) groups is 2. The fraction of sp³-hybridized carbons (Fsp3) is 0.333. The van der Waals surface area contributed by atoms with Gasteiger partial charge in [0, 0.05) is 5.02 Å². The van der Waals surface area contributed by atoms with Crippen molar-refractivity contribution < 1.29 is 14.7 Å². The second-order valence-electron chi connectivity index (χ2n) is 4.57. The third kappa shape index (κ3) is 4.70. The molecule has 0 saturated carbocycles. The summed E-state index contributed by atoms with van der Waals surface area (Å²) in [5.74, 6) is -1.73. The zero-order valence-electron chi connectivity index (χ0n) is 10.5. The second kappa shape index (κ2) is 6.23. The first kappa shape index (κ1) is 15.8. The molecule has 1 aromatic carbocycles. The Bertz CT molecular complexity index is 504. The molecule has 0 saturated heterocycles. The number of halogens is 2. The summed E-state index contributed by atoms with van der Waals surface area (Å²) in [6, 6.07) is 4.49. The van der Waals surface area contributed by atoms with Crippen LogP contribution < -0.4 is 10.6 Å². The lowest BCUT2D eigenvalue weighted by atomic mass is 10.1. The van der Waals surface area contributed by atoms with Gasteiger partial charge in [-0.1, -0.05) is 23.2 Å². The van der Waals surface area contributed by atoms with E-state index in [1.165, 1.54) is 12.1 Å². The van der Waals surface area contributed by atoms with Crippen molar-refractivity contribution in [2.75, 3.05) is 11.9 Å². The molecule has 0 aliphatic heterocycles. The normalized spacial score (nSPS) is 11.0. The van der Waals surface area contributed by atoms with E-state index in [9.17, 15) is 9.59 Å². The summed E-state index contributed by atoms with van der Waals surface area (Å²) >= 11 is 11.6. The topological polar surface area (TPSA) is 78.4 Å². The number of hydrogen-bond donors (Lipinski definition) is 3. The number of benzene rings is 1. The summed E-state index contributed by atoms with van der Waals surface area (Å²) in [4.78, 5) is 23.2. The van der Waals surface area contributed by atoms with Gasteiger partial charge in [-0.2, -0.15) is 0 Å². The molecule has 0 fully saturated rings. The van der Waals surface area contributed by atoms with Crippen LogP contribution in [0.2, 0.25) is 10.0 Å². The number of aliphatic hydroxyl groups is 1. The van der Waals surface area contributed by atoms with Crippen LogP contribution in [0.3, 0.4) is 0 Å².